The second-order valence-electron chi connectivity index (χ2n) is 5.48. The molecule has 0 aromatic heterocycles. The monoisotopic (exact) mass is 226 g/mol. The minimum absolute atomic E-state index is 0.505. The molecule has 1 rings (SSSR count). The molecule has 1 unspecified atom stereocenters. The Bertz CT molecular complexity index is 256. The molecule has 1 heterocycles. The molecule has 1 saturated heterocycles. The third-order valence-corrected chi connectivity index (χ3v) is 3.73. The summed E-state index contributed by atoms with van der Waals surface area (Å²) in [5, 5.41) is 9.34. The van der Waals surface area contributed by atoms with Crippen LogP contribution in [0.5, 0.6) is 0 Å². The first kappa shape index (κ1) is 12.7. The fraction of sp³-hybridized carbons (Fsp3) is 0.909. The summed E-state index contributed by atoms with van der Waals surface area (Å²) >= 11 is 0. The van der Waals surface area contributed by atoms with Gasteiger partial charge in [-0.2, -0.15) is 5.26 Å². The maximum absolute atomic E-state index is 9.34. The fourth-order valence-corrected chi connectivity index (χ4v) is 3.49. The molecule has 0 amide bonds. The highest BCUT2D eigenvalue weighted by atomic mass is 28.4. The maximum Gasteiger partial charge on any atom is 0.185 e. The summed E-state index contributed by atoms with van der Waals surface area (Å²) < 4.78 is 6.09. The lowest BCUT2D eigenvalue weighted by Crippen LogP contribution is -2.42. The molecular weight excluding hydrogens is 204 g/mol. The van der Waals surface area contributed by atoms with Crippen molar-refractivity contribution in [3.63, 3.8) is 0 Å². The second-order valence-corrected chi connectivity index (χ2v) is 9.91. The highest BCUT2D eigenvalue weighted by Gasteiger charge is 2.37. The van der Waals surface area contributed by atoms with Crippen molar-refractivity contribution < 1.29 is 4.43 Å². The first-order valence-electron chi connectivity index (χ1n) is 5.67. The zero-order valence-electron chi connectivity index (χ0n) is 10.3. The quantitative estimate of drug-likeness (QED) is 0.677. The minimum atomic E-state index is -1.62. The molecular formula is C11H22N2OSi. The van der Waals surface area contributed by atoms with Gasteiger partial charge in [-0.15, -0.1) is 0 Å². The van der Waals surface area contributed by atoms with Crippen LogP contribution in [0.4, 0.5) is 0 Å². The number of nitrogens with zero attached hydrogens (tertiary/aromatic N) is 2. The van der Waals surface area contributed by atoms with E-state index >= 15 is 0 Å². The molecule has 1 aliphatic rings. The van der Waals surface area contributed by atoms with Gasteiger partial charge >= 0.3 is 0 Å². The molecule has 1 atom stereocenters. The first-order chi connectivity index (χ1) is 6.87. The van der Waals surface area contributed by atoms with Crippen LogP contribution in [0.15, 0.2) is 0 Å². The van der Waals surface area contributed by atoms with Crippen LogP contribution in [0.25, 0.3) is 0 Å². The van der Waals surface area contributed by atoms with Gasteiger partial charge in [0, 0.05) is 13.0 Å². The lowest BCUT2D eigenvalue weighted by atomic mass is 9.97. The third kappa shape index (κ3) is 3.94. The summed E-state index contributed by atoms with van der Waals surface area (Å²) in [6, 6.07) is 2.42. The Hall–Kier alpha value is -0.373. The first-order valence-corrected chi connectivity index (χ1v) is 9.08. The van der Waals surface area contributed by atoms with Crippen molar-refractivity contribution in [2.45, 2.75) is 44.5 Å². The van der Waals surface area contributed by atoms with Gasteiger partial charge in [0.1, 0.15) is 5.60 Å². The van der Waals surface area contributed by atoms with E-state index in [-0.39, 0.29) is 0 Å². The Morgan fingerprint density at radius 1 is 1.27 bits per heavy atom. The molecule has 0 saturated carbocycles. The number of hydrogen-bond acceptors (Lipinski definition) is 3. The highest BCUT2D eigenvalue weighted by molar-refractivity contribution is 6.69. The van der Waals surface area contributed by atoms with Crippen molar-refractivity contribution in [2.24, 2.45) is 0 Å². The number of rotatable bonds is 2. The van der Waals surface area contributed by atoms with E-state index in [0.717, 1.165) is 32.4 Å². The Labute approximate surface area is 94.2 Å². The molecule has 1 aliphatic heterocycles. The van der Waals surface area contributed by atoms with E-state index in [4.69, 9.17) is 4.43 Å². The Balaban J connectivity index is 2.72. The SMILES string of the molecule is CN1CCCC(C#N)(O[Si](C)(C)C)CC1. The largest absolute Gasteiger partial charge is 0.400 e. The van der Waals surface area contributed by atoms with Gasteiger partial charge in [-0.1, -0.05) is 0 Å². The second kappa shape index (κ2) is 4.65. The van der Waals surface area contributed by atoms with Crippen LogP contribution >= 0.6 is 0 Å². The number of hydrogen-bond donors (Lipinski definition) is 0. The maximum atomic E-state index is 9.34. The molecule has 0 spiro atoms. The van der Waals surface area contributed by atoms with Gasteiger partial charge in [0.2, 0.25) is 0 Å². The Morgan fingerprint density at radius 2 is 1.93 bits per heavy atom. The van der Waals surface area contributed by atoms with Crippen LogP contribution in [0, 0.1) is 11.3 Å². The van der Waals surface area contributed by atoms with Crippen molar-refractivity contribution in [3.8, 4) is 6.07 Å². The topological polar surface area (TPSA) is 36.3 Å². The summed E-state index contributed by atoms with van der Waals surface area (Å²) in [6.45, 7) is 8.51. The smallest absolute Gasteiger partial charge is 0.185 e. The molecule has 0 aromatic rings. The van der Waals surface area contributed by atoms with Crippen LogP contribution in [-0.4, -0.2) is 39.0 Å². The van der Waals surface area contributed by atoms with E-state index in [9.17, 15) is 5.26 Å². The molecule has 0 radical (unpaired) electrons. The summed E-state index contributed by atoms with van der Waals surface area (Å²) in [5.41, 5.74) is -0.505. The highest BCUT2D eigenvalue weighted by Crippen LogP contribution is 2.28. The molecule has 0 N–H and O–H groups in total. The summed E-state index contributed by atoms with van der Waals surface area (Å²) in [5.74, 6) is 0. The number of likely N-dealkylation sites (tertiary alicyclic amines) is 1. The van der Waals surface area contributed by atoms with Gasteiger partial charge in [-0.3, -0.25) is 0 Å². The molecule has 86 valence electrons. The van der Waals surface area contributed by atoms with Gasteiger partial charge in [0.25, 0.3) is 0 Å². The Morgan fingerprint density at radius 3 is 2.47 bits per heavy atom. The lowest BCUT2D eigenvalue weighted by molar-refractivity contribution is 0.103. The average molecular weight is 226 g/mol. The van der Waals surface area contributed by atoms with E-state index in [1.807, 2.05) is 0 Å². The summed E-state index contributed by atoms with van der Waals surface area (Å²) in [6.07, 6.45) is 2.80. The van der Waals surface area contributed by atoms with E-state index in [1.165, 1.54) is 0 Å². The third-order valence-electron chi connectivity index (χ3n) is 2.72. The predicted molar refractivity (Wildman–Crippen MR) is 64.1 cm³/mol. The molecule has 3 nitrogen and oxygen atoms in total. The lowest BCUT2D eigenvalue weighted by Gasteiger charge is -2.32. The molecule has 0 bridgehead atoms. The Kier molecular flexibility index (Phi) is 3.93. The van der Waals surface area contributed by atoms with Crippen molar-refractivity contribution >= 4 is 8.32 Å². The standard InChI is InChI=1S/C11H22N2OSi/c1-13-8-5-6-11(10-12,7-9-13)14-15(2,3)4/h5-9H2,1-4H3. The predicted octanol–water partition coefficient (Wildman–Crippen LogP) is 2.22. The molecule has 4 heteroatoms. The van der Waals surface area contributed by atoms with Crippen molar-refractivity contribution in [3.05, 3.63) is 0 Å². The number of nitriles is 1. The van der Waals surface area contributed by atoms with E-state index in [0.29, 0.717) is 0 Å². The normalized spacial score (nSPS) is 29.5. The van der Waals surface area contributed by atoms with Crippen molar-refractivity contribution in [1.29, 1.82) is 5.26 Å². The minimum Gasteiger partial charge on any atom is -0.400 e. The fourth-order valence-electron chi connectivity index (χ4n) is 2.07. The zero-order chi connectivity index (χ0) is 11.5. The van der Waals surface area contributed by atoms with Crippen molar-refractivity contribution in [2.75, 3.05) is 20.1 Å². The van der Waals surface area contributed by atoms with Gasteiger partial charge in [-0.25, -0.2) is 0 Å². The van der Waals surface area contributed by atoms with E-state index in [1.54, 1.807) is 0 Å². The van der Waals surface area contributed by atoms with E-state index in [2.05, 4.69) is 37.7 Å². The summed E-state index contributed by atoms with van der Waals surface area (Å²) in [4.78, 5) is 2.28. The average Bonchev–Trinajstić information content (AvgIpc) is 2.27. The van der Waals surface area contributed by atoms with E-state index < -0.39 is 13.9 Å². The van der Waals surface area contributed by atoms with Crippen LogP contribution in [0.2, 0.25) is 19.6 Å². The van der Waals surface area contributed by atoms with Crippen molar-refractivity contribution in [1.82, 2.24) is 4.90 Å². The summed E-state index contributed by atoms with van der Waals surface area (Å²) in [7, 11) is 0.490. The molecule has 15 heavy (non-hydrogen) atoms. The van der Waals surface area contributed by atoms with Gasteiger partial charge in [0.15, 0.2) is 8.32 Å². The molecule has 1 fully saturated rings. The molecule has 0 aromatic carbocycles. The van der Waals surface area contributed by atoms with Crippen LogP contribution < -0.4 is 0 Å². The van der Waals surface area contributed by atoms with Crippen LogP contribution in [0.3, 0.4) is 0 Å². The van der Waals surface area contributed by atoms with Gasteiger partial charge in [0.05, 0.1) is 6.07 Å². The molecule has 0 aliphatic carbocycles. The zero-order valence-corrected chi connectivity index (χ0v) is 11.3. The van der Waals surface area contributed by atoms with Crippen LogP contribution in [-0.2, 0) is 4.43 Å². The van der Waals surface area contributed by atoms with Gasteiger partial charge < -0.3 is 9.33 Å². The van der Waals surface area contributed by atoms with Crippen LogP contribution in [0.1, 0.15) is 19.3 Å². The van der Waals surface area contributed by atoms with Gasteiger partial charge in [-0.05, 0) is 46.1 Å².